The number of benzene rings is 1. The smallest absolute Gasteiger partial charge is 0.132 e. The van der Waals surface area contributed by atoms with Crippen LogP contribution >= 0.6 is 0 Å². The molecule has 3 heteroatoms. The molecule has 1 aromatic carbocycles. The zero-order valence-electron chi connectivity index (χ0n) is 8.33. The van der Waals surface area contributed by atoms with Crippen LogP contribution in [0.2, 0.25) is 0 Å². The number of aldehydes is 1. The van der Waals surface area contributed by atoms with E-state index < -0.39 is 0 Å². The van der Waals surface area contributed by atoms with Crippen molar-refractivity contribution in [3.05, 3.63) is 41.3 Å². The van der Waals surface area contributed by atoms with Gasteiger partial charge in [-0.2, -0.15) is 0 Å². The van der Waals surface area contributed by atoms with Crippen molar-refractivity contribution < 1.29 is 9.18 Å². The molecule has 1 aromatic heterocycles. The molecule has 2 rings (SSSR count). The number of aryl methyl sites for hydroxylation is 1. The molecule has 0 saturated carbocycles. The Balaban J connectivity index is 2.71. The second-order valence-corrected chi connectivity index (χ2v) is 3.41. The minimum atomic E-state index is -0.299. The van der Waals surface area contributed by atoms with Crippen LogP contribution in [-0.2, 0) is 11.2 Å². The fourth-order valence-corrected chi connectivity index (χ4v) is 1.59. The fourth-order valence-electron chi connectivity index (χ4n) is 1.59. The van der Waals surface area contributed by atoms with Gasteiger partial charge in [-0.3, -0.25) is 4.98 Å². The van der Waals surface area contributed by atoms with E-state index in [0.29, 0.717) is 10.9 Å². The van der Waals surface area contributed by atoms with Crippen LogP contribution in [0.25, 0.3) is 10.9 Å². The Hall–Kier alpha value is -1.77. The van der Waals surface area contributed by atoms with E-state index in [1.807, 2.05) is 6.92 Å². The van der Waals surface area contributed by atoms with Gasteiger partial charge < -0.3 is 4.79 Å². The van der Waals surface area contributed by atoms with Crippen molar-refractivity contribution >= 4 is 17.2 Å². The van der Waals surface area contributed by atoms with Gasteiger partial charge in [0.25, 0.3) is 0 Å². The molecule has 0 saturated heterocycles. The van der Waals surface area contributed by atoms with Gasteiger partial charge in [-0.1, -0.05) is 6.07 Å². The Bertz CT molecular complexity index is 522. The third-order valence-electron chi connectivity index (χ3n) is 2.40. The van der Waals surface area contributed by atoms with E-state index in [2.05, 4.69) is 4.98 Å². The Kier molecular flexibility index (Phi) is 2.46. The third kappa shape index (κ3) is 1.73. The molecule has 0 aliphatic carbocycles. The number of rotatable bonds is 2. The summed E-state index contributed by atoms with van der Waals surface area (Å²) in [7, 11) is 0. The number of halogens is 1. The molecule has 15 heavy (non-hydrogen) atoms. The van der Waals surface area contributed by atoms with E-state index in [-0.39, 0.29) is 12.2 Å². The predicted molar refractivity (Wildman–Crippen MR) is 56.2 cm³/mol. The summed E-state index contributed by atoms with van der Waals surface area (Å²) >= 11 is 0. The van der Waals surface area contributed by atoms with Crippen LogP contribution in [0.3, 0.4) is 0 Å². The number of pyridine rings is 1. The minimum Gasteiger partial charge on any atom is -0.303 e. The lowest BCUT2D eigenvalue weighted by molar-refractivity contribution is -0.107. The zero-order valence-corrected chi connectivity index (χ0v) is 8.33. The highest BCUT2D eigenvalue weighted by Crippen LogP contribution is 2.19. The average Bonchev–Trinajstić information content (AvgIpc) is 2.21. The average molecular weight is 203 g/mol. The number of carbonyl (C=O) groups excluding carboxylic acids is 1. The van der Waals surface area contributed by atoms with E-state index in [1.54, 1.807) is 18.2 Å². The lowest BCUT2D eigenvalue weighted by Gasteiger charge is -2.04. The highest BCUT2D eigenvalue weighted by Gasteiger charge is 2.05. The van der Waals surface area contributed by atoms with Gasteiger partial charge in [0, 0.05) is 17.5 Å². The molecular formula is C12H10FNO. The maximum absolute atomic E-state index is 13.4. The van der Waals surface area contributed by atoms with E-state index in [0.717, 1.165) is 17.5 Å². The van der Waals surface area contributed by atoms with Crippen molar-refractivity contribution in [2.24, 2.45) is 0 Å². The van der Waals surface area contributed by atoms with Crippen molar-refractivity contribution in [2.45, 2.75) is 13.3 Å². The van der Waals surface area contributed by atoms with Gasteiger partial charge in [0.1, 0.15) is 12.1 Å². The molecule has 0 bridgehead atoms. The van der Waals surface area contributed by atoms with Gasteiger partial charge in [0.15, 0.2) is 0 Å². The van der Waals surface area contributed by atoms with E-state index in [9.17, 15) is 9.18 Å². The van der Waals surface area contributed by atoms with Gasteiger partial charge in [-0.05, 0) is 30.7 Å². The van der Waals surface area contributed by atoms with Crippen LogP contribution < -0.4 is 0 Å². The van der Waals surface area contributed by atoms with Gasteiger partial charge in [-0.15, -0.1) is 0 Å². The van der Waals surface area contributed by atoms with E-state index in [1.165, 1.54) is 6.07 Å². The lowest BCUT2D eigenvalue weighted by atomic mass is 10.1. The topological polar surface area (TPSA) is 30.0 Å². The molecule has 0 spiro atoms. The molecule has 2 nitrogen and oxygen atoms in total. The summed E-state index contributed by atoms with van der Waals surface area (Å²) in [6.07, 6.45) is 1.08. The molecule has 0 fully saturated rings. The zero-order chi connectivity index (χ0) is 10.8. The molecule has 0 radical (unpaired) electrons. The minimum absolute atomic E-state index is 0.281. The Morgan fingerprint density at radius 3 is 3.00 bits per heavy atom. The van der Waals surface area contributed by atoms with Crippen LogP contribution in [0.15, 0.2) is 24.3 Å². The summed E-state index contributed by atoms with van der Waals surface area (Å²) in [5, 5.41) is 0.472. The van der Waals surface area contributed by atoms with Crippen LogP contribution in [0.4, 0.5) is 4.39 Å². The maximum atomic E-state index is 13.4. The van der Waals surface area contributed by atoms with Crippen molar-refractivity contribution in [3.8, 4) is 0 Å². The monoisotopic (exact) mass is 203 g/mol. The molecule has 76 valence electrons. The number of aromatic nitrogens is 1. The van der Waals surface area contributed by atoms with Gasteiger partial charge in [0.2, 0.25) is 0 Å². The molecule has 0 N–H and O–H groups in total. The van der Waals surface area contributed by atoms with Gasteiger partial charge in [0.05, 0.1) is 5.52 Å². The van der Waals surface area contributed by atoms with Crippen molar-refractivity contribution in [3.63, 3.8) is 0 Å². The molecule has 1 heterocycles. The van der Waals surface area contributed by atoms with Gasteiger partial charge >= 0.3 is 0 Å². The fraction of sp³-hybridized carbons (Fsp3) is 0.167. The summed E-state index contributed by atoms with van der Waals surface area (Å²) in [6, 6.07) is 6.48. The second kappa shape index (κ2) is 3.77. The van der Waals surface area contributed by atoms with Crippen molar-refractivity contribution in [2.75, 3.05) is 0 Å². The number of carbonyl (C=O) groups is 1. The Morgan fingerprint density at radius 2 is 2.27 bits per heavy atom. The van der Waals surface area contributed by atoms with Crippen molar-refractivity contribution in [1.82, 2.24) is 4.98 Å². The lowest BCUT2D eigenvalue weighted by Crippen LogP contribution is -1.95. The normalized spacial score (nSPS) is 10.5. The Morgan fingerprint density at radius 1 is 1.47 bits per heavy atom. The highest BCUT2D eigenvalue weighted by atomic mass is 19.1. The molecular weight excluding hydrogens is 193 g/mol. The number of fused-ring (bicyclic) bond motifs is 1. The summed E-state index contributed by atoms with van der Waals surface area (Å²) in [6.45, 7) is 1.82. The Labute approximate surface area is 86.8 Å². The first-order valence-corrected chi connectivity index (χ1v) is 4.71. The molecule has 2 aromatic rings. The summed E-state index contributed by atoms with van der Waals surface area (Å²) in [5.74, 6) is -0.299. The summed E-state index contributed by atoms with van der Waals surface area (Å²) in [4.78, 5) is 14.7. The van der Waals surface area contributed by atoms with Crippen LogP contribution in [0.1, 0.15) is 11.3 Å². The molecule has 0 atom stereocenters. The molecule has 0 unspecified atom stereocenters. The highest BCUT2D eigenvalue weighted by molar-refractivity contribution is 5.80. The number of hydrogen-bond donors (Lipinski definition) is 0. The molecule has 0 aliphatic heterocycles. The van der Waals surface area contributed by atoms with Gasteiger partial charge in [-0.25, -0.2) is 4.39 Å². The quantitative estimate of drug-likeness (QED) is 0.701. The molecule has 0 aliphatic rings. The van der Waals surface area contributed by atoms with Crippen LogP contribution in [-0.4, -0.2) is 11.3 Å². The second-order valence-electron chi connectivity index (χ2n) is 3.41. The number of hydrogen-bond acceptors (Lipinski definition) is 2. The first-order chi connectivity index (χ1) is 7.22. The van der Waals surface area contributed by atoms with E-state index in [4.69, 9.17) is 0 Å². The maximum Gasteiger partial charge on any atom is 0.132 e. The SMILES string of the molecule is Cc1nc2cccc(F)c2cc1CC=O. The van der Waals surface area contributed by atoms with Crippen molar-refractivity contribution in [1.29, 1.82) is 0 Å². The van der Waals surface area contributed by atoms with E-state index >= 15 is 0 Å². The summed E-state index contributed by atoms with van der Waals surface area (Å²) < 4.78 is 13.4. The molecule has 0 amide bonds. The third-order valence-corrected chi connectivity index (χ3v) is 2.40. The first-order valence-electron chi connectivity index (χ1n) is 4.71. The van der Waals surface area contributed by atoms with Crippen LogP contribution in [0, 0.1) is 12.7 Å². The predicted octanol–water partition coefficient (Wildman–Crippen LogP) is 2.42. The first kappa shape index (κ1) is 9.77. The summed E-state index contributed by atoms with van der Waals surface area (Å²) in [5.41, 5.74) is 2.19. The standard InChI is InChI=1S/C12H10FNO/c1-8-9(5-6-15)7-10-11(13)3-2-4-12(10)14-8/h2-4,6-7H,5H2,1H3. The van der Waals surface area contributed by atoms with Crippen LogP contribution in [0.5, 0.6) is 0 Å². The number of nitrogens with zero attached hydrogens (tertiary/aromatic N) is 1. The largest absolute Gasteiger partial charge is 0.303 e.